The molecule has 12 heteroatoms. The fourth-order valence-corrected chi connectivity index (χ4v) is 5.00. The van der Waals surface area contributed by atoms with Crippen molar-refractivity contribution in [3.05, 3.63) is 36.4 Å². The Bertz CT molecular complexity index is 1470. The molecule has 2 aliphatic rings. The first-order valence-electron chi connectivity index (χ1n) is 13.5. The van der Waals surface area contributed by atoms with E-state index in [0.29, 0.717) is 36.7 Å². The molecule has 5 heterocycles. The lowest BCUT2D eigenvalue weighted by Gasteiger charge is -2.41. The second kappa shape index (κ2) is 9.75. The van der Waals surface area contributed by atoms with Gasteiger partial charge in [0.05, 0.1) is 28.2 Å². The molecule has 2 fully saturated rings. The van der Waals surface area contributed by atoms with Crippen LogP contribution in [0.25, 0.3) is 16.9 Å². The van der Waals surface area contributed by atoms with Crippen LogP contribution in [0.5, 0.6) is 0 Å². The summed E-state index contributed by atoms with van der Waals surface area (Å²) in [6.07, 6.45) is 4.73. The normalized spacial score (nSPS) is 20.6. The number of anilines is 1. The van der Waals surface area contributed by atoms with Gasteiger partial charge in [0.15, 0.2) is 5.65 Å². The number of hydrogen-bond acceptors (Lipinski definition) is 9. The summed E-state index contributed by atoms with van der Waals surface area (Å²) in [6, 6.07) is 5.51. The van der Waals surface area contributed by atoms with Gasteiger partial charge in [0.1, 0.15) is 23.6 Å². The predicted octanol–water partition coefficient (Wildman–Crippen LogP) is 3.43. The van der Waals surface area contributed by atoms with Crippen LogP contribution in [-0.4, -0.2) is 80.1 Å². The molecular weight excluding hydrogens is 509 g/mol. The SMILES string of the molecule is C[C@H]1CN(C(=O)OC(C)(C)C)CCN1c1ncnc2c1c(B1OC(C)(C)C(C)(C)O1)cn2-c1cc(C#N)ccn1. The minimum absolute atomic E-state index is 0.0473. The van der Waals surface area contributed by atoms with Gasteiger partial charge in [-0.3, -0.25) is 4.57 Å². The van der Waals surface area contributed by atoms with Crippen LogP contribution in [0.4, 0.5) is 10.6 Å². The monoisotopic (exact) mass is 545 g/mol. The molecule has 3 aromatic rings. The van der Waals surface area contributed by atoms with Gasteiger partial charge in [-0.05, 0) is 67.5 Å². The van der Waals surface area contributed by atoms with Gasteiger partial charge in [0.2, 0.25) is 0 Å². The van der Waals surface area contributed by atoms with Crippen LogP contribution in [0.3, 0.4) is 0 Å². The van der Waals surface area contributed by atoms with Crippen molar-refractivity contribution in [3.8, 4) is 11.9 Å². The highest BCUT2D eigenvalue weighted by Crippen LogP contribution is 2.38. The zero-order valence-electron chi connectivity index (χ0n) is 24.4. The Hall–Kier alpha value is -3.69. The van der Waals surface area contributed by atoms with Crippen molar-refractivity contribution in [2.75, 3.05) is 24.5 Å². The number of amides is 1. The Morgan fingerprint density at radius 2 is 1.85 bits per heavy atom. The first-order chi connectivity index (χ1) is 18.7. The quantitative estimate of drug-likeness (QED) is 0.456. The number of carbonyl (C=O) groups excluding carboxylic acids is 1. The fraction of sp³-hybridized carbons (Fsp3) is 0.536. The standard InChI is InChI=1S/C28H36BN7O4/c1-18-15-34(25(37)38-26(2,3)4)11-12-35(18)23-22-20(29-39-27(5,6)28(7,8)40-29)16-36(24(22)33-17-32-23)21-13-19(14-30)9-10-31-21/h9-10,13,16-18H,11-12,15H2,1-8H3/t18-/m0/s1. The van der Waals surface area contributed by atoms with Gasteiger partial charge in [-0.25, -0.2) is 19.7 Å². The summed E-state index contributed by atoms with van der Waals surface area (Å²) >= 11 is 0. The predicted molar refractivity (Wildman–Crippen MR) is 152 cm³/mol. The van der Waals surface area contributed by atoms with E-state index < -0.39 is 23.9 Å². The van der Waals surface area contributed by atoms with E-state index in [0.717, 1.165) is 16.7 Å². The van der Waals surface area contributed by atoms with E-state index in [4.69, 9.17) is 19.0 Å². The van der Waals surface area contributed by atoms with Crippen LogP contribution in [0.1, 0.15) is 61.0 Å². The van der Waals surface area contributed by atoms with Crippen molar-refractivity contribution in [1.82, 2.24) is 24.4 Å². The molecule has 1 amide bonds. The average Bonchev–Trinajstić information content (AvgIpc) is 3.36. The van der Waals surface area contributed by atoms with Crippen LogP contribution >= 0.6 is 0 Å². The van der Waals surface area contributed by atoms with E-state index in [1.54, 1.807) is 23.2 Å². The van der Waals surface area contributed by atoms with Crippen LogP contribution in [0, 0.1) is 11.3 Å². The Morgan fingerprint density at radius 3 is 2.48 bits per heavy atom. The minimum atomic E-state index is -0.670. The molecule has 2 saturated heterocycles. The number of pyridine rings is 1. The summed E-state index contributed by atoms with van der Waals surface area (Å²) in [4.78, 5) is 30.6. The third-order valence-electron chi connectivity index (χ3n) is 7.77. The molecule has 11 nitrogen and oxygen atoms in total. The Morgan fingerprint density at radius 1 is 1.15 bits per heavy atom. The average molecular weight is 545 g/mol. The lowest BCUT2D eigenvalue weighted by atomic mass is 9.79. The van der Waals surface area contributed by atoms with Crippen molar-refractivity contribution < 1.29 is 18.8 Å². The molecule has 0 spiro atoms. The number of ether oxygens (including phenoxy) is 1. The van der Waals surface area contributed by atoms with Crippen molar-refractivity contribution in [1.29, 1.82) is 5.26 Å². The van der Waals surface area contributed by atoms with Gasteiger partial charge in [-0.15, -0.1) is 0 Å². The van der Waals surface area contributed by atoms with Crippen LogP contribution in [-0.2, 0) is 14.0 Å². The minimum Gasteiger partial charge on any atom is -0.444 e. The Labute approximate surface area is 235 Å². The van der Waals surface area contributed by atoms with Crippen molar-refractivity contribution in [3.63, 3.8) is 0 Å². The largest absolute Gasteiger partial charge is 0.497 e. The maximum absolute atomic E-state index is 12.8. The van der Waals surface area contributed by atoms with E-state index in [1.165, 1.54) is 6.33 Å². The third kappa shape index (κ3) is 5.00. The van der Waals surface area contributed by atoms with Gasteiger partial charge < -0.3 is 23.8 Å². The fourth-order valence-electron chi connectivity index (χ4n) is 5.00. The lowest BCUT2D eigenvalue weighted by Crippen LogP contribution is -2.55. The van der Waals surface area contributed by atoms with Crippen LogP contribution < -0.4 is 10.4 Å². The Kier molecular flexibility index (Phi) is 6.79. The molecule has 5 rings (SSSR count). The van der Waals surface area contributed by atoms with Crippen molar-refractivity contribution in [2.24, 2.45) is 0 Å². The molecular formula is C28H36BN7O4. The first-order valence-corrected chi connectivity index (χ1v) is 13.5. The summed E-state index contributed by atoms with van der Waals surface area (Å²) in [6.45, 7) is 17.2. The zero-order chi connectivity index (χ0) is 29.0. The molecule has 0 bridgehead atoms. The number of nitriles is 1. The van der Waals surface area contributed by atoms with Gasteiger partial charge in [0, 0.05) is 43.5 Å². The van der Waals surface area contributed by atoms with E-state index in [1.807, 2.05) is 59.2 Å². The van der Waals surface area contributed by atoms with Gasteiger partial charge in [-0.1, -0.05) is 0 Å². The number of hydrogen-bond donors (Lipinski definition) is 0. The zero-order valence-corrected chi connectivity index (χ0v) is 24.4. The van der Waals surface area contributed by atoms with Gasteiger partial charge in [0.25, 0.3) is 0 Å². The van der Waals surface area contributed by atoms with Gasteiger partial charge >= 0.3 is 13.2 Å². The second-order valence-electron chi connectivity index (χ2n) is 12.4. The third-order valence-corrected chi connectivity index (χ3v) is 7.77. The summed E-state index contributed by atoms with van der Waals surface area (Å²) < 4.78 is 20.4. The first kappa shape index (κ1) is 27.9. The van der Waals surface area contributed by atoms with E-state index in [-0.39, 0.29) is 12.1 Å². The smallest absolute Gasteiger partial charge is 0.444 e. The van der Waals surface area contributed by atoms with Crippen molar-refractivity contribution >= 4 is 35.5 Å². The summed E-state index contributed by atoms with van der Waals surface area (Å²) in [5, 5.41) is 10.3. The molecule has 0 saturated carbocycles. The summed E-state index contributed by atoms with van der Waals surface area (Å²) in [7, 11) is -0.670. The van der Waals surface area contributed by atoms with Crippen LogP contribution in [0.2, 0.25) is 0 Å². The number of piperazine rings is 1. The second-order valence-corrected chi connectivity index (χ2v) is 12.4. The number of carbonyl (C=O) groups is 1. The maximum atomic E-state index is 12.8. The highest BCUT2D eigenvalue weighted by atomic mass is 16.7. The number of nitrogens with zero attached hydrogens (tertiary/aromatic N) is 7. The summed E-state index contributed by atoms with van der Waals surface area (Å²) in [5.41, 5.74) is 0.230. The molecule has 1 atom stereocenters. The highest BCUT2D eigenvalue weighted by molar-refractivity contribution is 6.65. The molecule has 0 radical (unpaired) electrons. The maximum Gasteiger partial charge on any atom is 0.497 e. The number of fused-ring (bicyclic) bond motifs is 1. The van der Waals surface area contributed by atoms with E-state index in [2.05, 4.69) is 27.9 Å². The lowest BCUT2D eigenvalue weighted by molar-refractivity contribution is 0.00578. The molecule has 0 aliphatic carbocycles. The molecule has 210 valence electrons. The molecule has 0 aromatic carbocycles. The van der Waals surface area contributed by atoms with E-state index >= 15 is 0 Å². The van der Waals surface area contributed by atoms with Crippen LogP contribution in [0.15, 0.2) is 30.9 Å². The van der Waals surface area contributed by atoms with E-state index in [9.17, 15) is 10.1 Å². The molecule has 2 aliphatic heterocycles. The molecule has 40 heavy (non-hydrogen) atoms. The number of aromatic nitrogens is 4. The topological polar surface area (TPSA) is 119 Å². The Balaban J connectivity index is 1.59. The number of rotatable bonds is 3. The molecule has 0 N–H and O–H groups in total. The van der Waals surface area contributed by atoms with Crippen molar-refractivity contribution in [2.45, 2.75) is 78.2 Å². The molecule has 3 aromatic heterocycles. The van der Waals surface area contributed by atoms with Gasteiger partial charge in [-0.2, -0.15) is 5.26 Å². The highest BCUT2D eigenvalue weighted by Gasteiger charge is 2.53. The summed E-state index contributed by atoms with van der Waals surface area (Å²) in [5.74, 6) is 1.28. The molecule has 0 unspecified atom stereocenters.